The molecule has 0 aliphatic rings. The number of hydrogen-bond acceptors (Lipinski definition) is 4. The van der Waals surface area contributed by atoms with E-state index in [-0.39, 0.29) is 13.0 Å². The van der Waals surface area contributed by atoms with Crippen molar-refractivity contribution in [3.63, 3.8) is 0 Å². The second-order valence-corrected chi connectivity index (χ2v) is 6.79. The highest BCUT2D eigenvalue weighted by atomic mass is 16.4. The summed E-state index contributed by atoms with van der Waals surface area (Å²) in [7, 11) is 0. The average molecular weight is 346 g/mol. The molecule has 0 amide bonds. The quantitative estimate of drug-likeness (QED) is 0.332. The highest BCUT2D eigenvalue weighted by Crippen LogP contribution is 2.12. The van der Waals surface area contributed by atoms with Crippen LogP contribution in [0.1, 0.15) is 84.0 Å². The average Bonchev–Trinajstić information content (AvgIpc) is 2.54. The molecular weight excluding hydrogens is 306 g/mol. The third kappa shape index (κ3) is 16.2. The first-order valence-corrected chi connectivity index (χ1v) is 9.83. The van der Waals surface area contributed by atoms with Crippen LogP contribution in [-0.4, -0.2) is 58.5 Å². The van der Waals surface area contributed by atoms with E-state index in [1.807, 2.05) is 4.90 Å². The minimum absolute atomic E-state index is 0.00933. The lowest BCUT2D eigenvalue weighted by Crippen LogP contribution is -2.36. The largest absolute Gasteiger partial charge is 0.481 e. The summed E-state index contributed by atoms with van der Waals surface area (Å²) in [6, 6.07) is 0. The van der Waals surface area contributed by atoms with Crippen LogP contribution in [0.25, 0.3) is 0 Å². The van der Waals surface area contributed by atoms with E-state index in [9.17, 15) is 9.90 Å². The molecule has 5 heteroatoms. The van der Waals surface area contributed by atoms with Gasteiger partial charge in [-0.1, -0.05) is 71.1 Å². The molecule has 0 aromatic heterocycles. The zero-order valence-electron chi connectivity index (χ0n) is 15.6. The van der Waals surface area contributed by atoms with E-state index in [1.165, 1.54) is 51.4 Å². The molecule has 1 atom stereocenters. The number of carboxylic acids is 1. The first-order valence-electron chi connectivity index (χ1n) is 9.83. The summed E-state index contributed by atoms with van der Waals surface area (Å²) in [5.74, 6) is -0.845. The standard InChI is InChI=1S/C19H39NO4/c1-2-3-4-5-6-7-8-9-10-11-12-18(22)17-20(15-16-21)14-13-19(23)24/h18,21-22H,2-17H2,1H3,(H,23,24). The predicted octanol–water partition coefficient (Wildman–Crippen LogP) is 3.43. The second-order valence-electron chi connectivity index (χ2n) is 6.79. The van der Waals surface area contributed by atoms with Crippen LogP contribution in [-0.2, 0) is 4.79 Å². The Kier molecular flexibility index (Phi) is 16.7. The summed E-state index contributed by atoms with van der Waals surface area (Å²) in [5, 5.41) is 27.8. The van der Waals surface area contributed by atoms with E-state index in [1.54, 1.807) is 0 Å². The number of unbranched alkanes of at least 4 members (excludes halogenated alkanes) is 9. The van der Waals surface area contributed by atoms with Gasteiger partial charge in [-0.05, 0) is 6.42 Å². The summed E-state index contributed by atoms with van der Waals surface area (Å²) in [6.07, 6.45) is 13.1. The molecule has 0 saturated carbocycles. The van der Waals surface area contributed by atoms with Crippen molar-refractivity contribution in [3.8, 4) is 0 Å². The molecule has 1 unspecified atom stereocenters. The van der Waals surface area contributed by atoms with Gasteiger partial charge in [0.05, 0.1) is 19.1 Å². The summed E-state index contributed by atoms with van der Waals surface area (Å²) in [6.45, 7) is 3.48. The first-order chi connectivity index (χ1) is 11.6. The number of rotatable bonds is 18. The Morgan fingerprint density at radius 3 is 1.96 bits per heavy atom. The molecule has 24 heavy (non-hydrogen) atoms. The molecule has 5 nitrogen and oxygen atoms in total. The molecule has 0 aliphatic carbocycles. The van der Waals surface area contributed by atoms with Gasteiger partial charge in [0.25, 0.3) is 0 Å². The van der Waals surface area contributed by atoms with Gasteiger partial charge in [-0.15, -0.1) is 0 Å². The zero-order valence-corrected chi connectivity index (χ0v) is 15.6. The van der Waals surface area contributed by atoms with E-state index in [0.717, 1.165) is 19.3 Å². The van der Waals surface area contributed by atoms with E-state index in [4.69, 9.17) is 10.2 Å². The van der Waals surface area contributed by atoms with Gasteiger partial charge in [0.2, 0.25) is 0 Å². The zero-order chi connectivity index (χ0) is 18.0. The number of aliphatic hydroxyl groups excluding tert-OH is 2. The number of aliphatic hydroxyl groups is 2. The molecule has 0 aromatic rings. The lowest BCUT2D eigenvalue weighted by molar-refractivity contribution is -0.137. The fraction of sp³-hybridized carbons (Fsp3) is 0.947. The van der Waals surface area contributed by atoms with E-state index in [0.29, 0.717) is 19.6 Å². The SMILES string of the molecule is CCCCCCCCCCCCC(O)CN(CCO)CCC(=O)O. The molecule has 0 heterocycles. The molecule has 0 rings (SSSR count). The van der Waals surface area contributed by atoms with Crippen molar-refractivity contribution in [1.29, 1.82) is 0 Å². The fourth-order valence-corrected chi connectivity index (χ4v) is 2.95. The van der Waals surface area contributed by atoms with Crippen LogP contribution < -0.4 is 0 Å². The maximum absolute atomic E-state index is 10.6. The van der Waals surface area contributed by atoms with Crippen molar-refractivity contribution in [1.82, 2.24) is 4.90 Å². The van der Waals surface area contributed by atoms with E-state index in [2.05, 4.69) is 6.92 Å². The Morgan fingerprint density at radius 2 is 1.46 bits per heavy atom. The van der Waals surface area contributed by atoms with Crippen molar-refractivity contribution in [2.45, 2.75) is 90.1 Å². The second kappa shape index (κ2) is 17.2. The minimum atomic E-state index is -0.845. The van der Waals surface area contributed by atoms with Gasteiger partial charge in [-0.25, -0.2) is 0 Å². The summed E-state index contributed by atoms with van der Waals surface area (Å²) < 4.78 is 0. The van der Waals surface area contributed by atoms with Crippen LogP contribution >= 0.6 is 0 Å². The Hall–Kier alpha value is -0.650. The van der Waals surface area contributed by atoms with Gasteiger partial charge in [0.1, 0.15) is 0 Å². The van der Waals surface area contributed by atoms with Gasteiger partial charge in [0.15, 0.2) is 0 Å². The van der Waals surface area contributed by atoms with Crippen molar-refractivity contribution < 1.29 is 20.1 Å². The molecule has 0 aromatic carbocycles. The molecule has 0 fully saturated rings. The van der Waals surface area contributed by atoms with Crippen LogP contribution in [0.3, 0.4) is 0 Å². The molecule has 0 saturated heterocycles. The number of nitrogens with zero attached hydrogens (tertiary/aromatic N) is 1. The highest BCUT2D eigenvalue weighted by Gasteiger charge is 2.12. The Labute approximate surface area is 148 Å². The fourth-order valence-electron chi connectivity index (χ4n) is 2.95. The third-order valence-electron chi connectivity index (χ3n) is 4.42. The molecule has 0 radical (unpaired) electrons. The molecule has 144 valence electrons. The number of hydrogen-bond donors (Lipinski definition) is 3. The van der Waals surface area contributed by atoms with Crippen LogP contribution in [0, 0.1) is 0 Å². The van der Waals surface area contributed by atoms with Crippen molar-refractivity contribution in [3.05, 3.63) is 0 Å². The molecule has 0 aliphatic heterocycles. The van der Waals surface area contributed by atoms with Crippen LogP contribution in [0.4, 0.5) is 0 Å². The number of aliphatic carboxylic acids is 1. The highest BCUT2D eigenvalue weighted by molar-refractivity contribution is 5.66. The van der Waals surface area contributed by atoms with Gasteiger partial charge in [0, 0.05) is 19.6 Å². The van der Waals surface area contributed by atoms with E-state index < -0.39 is 12.1 Å². The lowest BCUT2D eigenvalue weighted by Gasteiger charge is -2.23. The Morgan fingerprint density at radius 1 is 0.917 bits per heavy atom. The van der Waals surface area contributed by atoms with Crippen molar-refractivity contribution in [2.75, 3.05) is 26.2 Å². The van der Waals surface area contributed by atoms with Gasteiger partial charge >= 0.3 is 5.97 Å². The first kappa shape index (κ1) is 23.4. The summed E-state index contributed by atoms with van der Waals surface area (Å²) in [4.78, 5) is 12.4. The normalized spacial score (nSPS) is 12.7. The van der Waals surface area contributed by atoms with Gasteiger partial charge < -0.3 is 15.3 Å². The van der Waals surface area contributed by atoms with Crippen molar-refractivity contribution in [2.24, 2.45) is 0 Å². The maximum atomic E-state index is 10.6. The number of carboxylic acid groups (broad SMARTS) is 1. The summed E-state index contributed by atoms with van der Waals surface area (Å²) >= 11 is 0. The van der Waals surface area contributed by atoms with Crippen molar-refractivity contribution >= 4 is 5.97 Å². The molecular formula is C19H39NO4. The molecule has 3 N–H and O–H groups in total. The maximum Gasteiger partial charge on any atom is 0.304 e. The van der Waals surface area contributed by atoms with E-state index >= 15 is 0 Å². The van der Waals surface area contributed by atoms with Gasteiger partial charge in [-0.3, -0.25) is 9.69 Å². The van der Waals surface area contributed by atoms with Gasteiger partial charge in [-0.2, -0.15) is 0 Å². The molecule has 0 bridgehead atoms. The lowest BCUT2D eigenvalue weighted by atomic mass is 10.0. The molecule has 0 spiro atoms. The number of carbonyl (C=O) groups is 1. The predicted molar refractivity (Wildman–Crippen MR) is 98.2 cm³/mol. The van der Waals surface area contributed by atoms with Crippen LogP contribution in [0.5, 0.6) is 0 Å². The smallest absolute Gasteiger partial charge is 0.304 e. The van der Waals surface area contributed by atoms with Crippen LogP contribution in [0.2, 0.25) is 0 Å². The topological polar surface area (TPSA) is 81.0 Å². The Bertz CT molecular complexity index is 287. The monoisotopic (exact) mass is 345 g/mol. The van der Waals surface area contributed by atoms with Crippen LogP contribution in [0.15, 0.2) is 0 Å². The Balaban J connectivity index is 3.55. The third-order valence-corrected chi connectivity index (χ3v) is 4.42. The summed E-state index contributed by atoms with van der Waals surface area (Å²) in [5.41, 5.74) is 0. The minimum Gasteiger partial charge on any atom is -0.481 e.